The minimum absolute atomic E-state index is 0.0702. The minimum Gasteiger partial charge on any atom is -0.310 e. The summed E-state index contributed by atoms with van der Waals surface area (Å²) >= 11 is 15.2. The van der Waals surface area contributed by atoms with E-state index in [0.717, 1.165) is 10.0 Å². The number of nitrogens with zero attached hydrogens (tertiary/aromatic N) is 1. The summed E-state index contributed by atoms with van der Waals surface area (Å²) < 4.78 is 2.43. The van der Waals surface area contributed by atoms with E-state index in [1.807, 2.05) is 6.07 Å². The lowest BCUT2D eigenvalue weighted by Crippen LogP contribution is -2.18. The first-order chi connectivity index (χ1) is 8.06. The maximum absolute atomic E-state index is 11.6. The summed E-state index contributed by atoms with van der Waals surface area (Å²) in [5.74, 6) is 0. The fourth-order valence-electron chi connectivity index (χ4n) is 1.46. The predicted molar refractivity (Wildman–Crippen MR) is 74.0 cm³/mol. The molecule has 1 aromatic heterocycles. The number of pyridine rings is 1. The van der Waals surface area contributed by atoms with Crippen molar-refractivity contribution in [2.45, 2.75) is 6.54 Å². The van der Waals surface area contributed by atoms with Gasteiger partial charge in [0.15, 0.2) is 0 Å². The Labute approximate surface area is 117 Å². The second kappa shape index (κ2) is 5.25. The zero-order valence-electron chi connectivity index (χ0n) is 8.66. The van der Waals surface area contributed by atoms with E-state index < -0.39 is 0 Å². The summed E-state index contributed by atoms with van der Waals surface area (Å²) in [6, 6.07) is 8.46. The number of hydrogen-bond donors (Lipinski definition) is 0. The molecule has 0 radical (unpaired) electrons. The van der Waals surface area contributed by atoms with Crippen molar-refractivity contribution in [3.05, 3.63) is 67.0 Å². The van der Waals surface area contributed by atoms with Crippen LogP contribution < -0.4 is 5.56 Å². The highest BCUT2D eigenvalue weighted by Crippen LogP contribution is 2.21. The molecule has 17 heavy (non-hydrogen) atoms. The van der Waals surface area contributed by atoms with Crippen molar-refractivity contribution in [3.63, 3.8) is 0 Å². The van der Waals surface area contributed by atoms with Crippen LogP contribution in [-0.4, -0.2) is 4.57 Å². The van der Waals surface area contributed by atoms with Crippen LogP contribution in [0.15, 0.2) is 45.8 Å². The SMILES string of the molecule is O=c1ccc(Br)cn1Cc1ccc(Cl)cc1Cl. The lowest BCUT2D eigenvalue weighted by atomic mass is 10.2. The van der Waals surface area contributed by atoms with Crippen LogP contribution in [-0.2, 0) is 6.54 Å². The van der Waals surface area contributed by atoms with Crippen molar-refractivity contribution in [2.75, 3.05) is 0 Å². The molecule has 2 rings (SSSR count). The molecule has 0 N–H and O–H groups in total. The van der Waals surface area contributed by atoms with Gasteiger partial charge in [-0.3, -0.25) is 4.79 Å². The first kappa shape index (κ1) is 12.7. The summed E-state index contributed by atoms with van der Waals surface area (Å²) in [7, 11) is 0. The van der Waals surface area contributed by atoms with Crippen LogP contribution in [0.5, 0.6) is 0 Å². The van der Waals surface area contributed by atoms with Crippen molar-refractivity contribution in [1.29, 1.82) is 0 Å². The van der Waals surface area contributed by atoms with Gasteiger partial charge in [-0.15, -0.1) is 0 Å². The Morgan fingerprint density at radius 3 is 2.65 bits per heavy atom. The third-order valence-corrected chi connectivity index (χ3v) is 3.36. The smallest absolute Gasteiger partial charge is 0.250 e. The van der Waals surface area contributed by atoms with Gasteiger partial charge in [-0.25, -0.2) is 0 Å². The Kier molecular flexibility index (Phi) is 3.92. The monoisotopic (exact) mass is 331 g/mol. The van der Waals surface area contributed by atoms with Crippen LogP contribution >= 0.6 is 39.1 Å². The van der Waals surface area contributed by atoms with Crippen LogP contribution in [0.3, 0.4) is 0 Å². The highest BCUT2D eigenvalue weighted by molar-refractivity contribution is 9.10. The Hall–Kier alpha value is -0.770. The zero-order valence-corrected chi connectivity index (χ0v) is 11.8. The summed E-state index contributed by atoms with van der Waals surface area (Å²) in [6.45, 7) is 0.425. The molecular weight excluding hydrogens is 325 g/mol. The van der Waals surface area contributed by atoms with Gasteiger partial charge in [-0.1, -0.05) is 29.3 Å². The van der Waals surface area contributed by atoms with Crippen LogP contribution in [0.2, 0.25) is 10.0 Å². The van der Waals surface area contributed by atoms with Gasteiger partial charge < -0.3 is 4.57 Å². The second-order valence-electron chi connectivity index (χ2n) is 3.55. The van der Waals surface area contributed by atoms with Gasteiger partial charge in [0.2, 0.25) is 0 Å². The summed E-state index contributed by atoms with van der Waals surface area (Å²) in [5.41, 5.74) is 0.787. The van der Waals surface area contributed by atoms with Gasteiger partial charge in [0.1, 0.15) is 0 Å². The Bertz CT molecular complexity index is 610. The van der Waals surface area contributed by atoms with E-state index in [0.29, 0.717) is 16.6 Å². The first-order valence-corrected chi connectivity index (χ1v) is 6.41. The van der Waals surface area contributed by atoms with Crippen LogP contribution in [0.1, 0.15) is 5.56 Å². The van der Waals surface area contributed by atoms with Gasteiger partial charge in [0.05, 0.1) is 6.54 Å². The standard InChI is InChI=1S/C12H8BrCl2NO/c13-9-2-4-12(17)16(7-9)6-8-1-3-10(14)5-11(8)15/h1-5,7H,6H2. The quantitative estimate of drug-likeness (QED) is 0.815. The summed E-state index contributed by atoms with van der Waals surface area (Å²) in [4.78, 5) is 11.6. The Balaban J connectivity index is 2.38. The molecule has 0 atom stereocenters. The first-order valence-electron chi connectivity index (χ1n) is 4.86. The predicted octanol–water partition coefficient (Wildman–Crippen LogP) is 3.97. The molecule has 0 saturated carbocycles. The average Bonchev–Trinajstić information content (AvgIpc) is 2.27. The largest absolute Gasteiger partial charge is 0.310 e. The average molecular weight is 333 g/mol. The fraction of sp³-hybridized carbons (Fsp3) is 0.0833. The number of rotatable bonds is 2. The number of benzene rings is 1. The summed E-state index contributed by atoms with van der Waals surface area (Å²) in [6.07, 6.45) is 1.73. The molecule has 0 aliphatic heterocycles. The topological polar surface area (TPSA) is 22.0 Å². The fourth-order valence-corrected chi connectivity index (χ4v) is 2.31. The molecule has 0 aliphatic rings. The molecule has 88 valence electrons. The van der Waals surface area contributed by atoms with Crippen LogP contribution in [0.4, 0.5) is 0 Å². The van der Waals surface area contributed by atoms with Gasteiger partial charge >= 0.3 is 0 Å². The van der Waals surface area contributed by atoms with Crippen LogP contribution in [0, 0.1) is 0 Å². The van der Waals surface area contributed by atoms with E-state index in [1.54, 1.807) is 29.0 Å². The van der Waals surface area contributed by atoms with Gasteiger partial charge in [0, 0.05) is 26.8 Å². The van der Waals surface area contributed by atoms with Gasteiger partial charge in [-0.2, -0.15) is 0 Å². The molecule has 0 amide bonds. The van der Waals surface area contributed by atoms with Gasteiger partial charge in [0.25, 0.3) is 5.56 Å². The van der Waals surface area contributed by atoms with E-state index in [9.17, 15) is 4.79 Å². The van der Waals surface area contributed by atoms with Crippen molar-refractivity contribution in [1.82, 2.24) is 4.57 Å². The molecule has 0 saturated heterocycles. The van der Waals surface area contributed by atoms with E-state index in [2.05, 4.69) is 15.9 Å². The third-order valence-electron chi connectivity index (χ3n) is 2.30. The number of aromatic nitrogens is 1. The summed E-state index contributed by atoms with van der Waals surface area (Å²) in [5, 5.41) is 1.14. The molecule has 5 heteroatoms. The van der Waals surface area contributed by atoms with E-state index >= 15 is 0 Å². The maximum Gasteiger partial charge on any atom is 0.250 e. The lowest BCUT2D eigenvalue weighted by molar-refractivity contribution is 0.756. The molecule has 0 aliphatic carbocycles. The van der Waals surface area contributed by atoms with Crippen molar-refractivity contribution < 1.29 is 0 Å². The maximum atomic E-state index is 11.6. The van der Waals surface area contributed by atoms with E-state index in [1.165, 1.54) is 6.07 Å². The van der Waals surface area contributed by atoms with E-state index in [-0.39, 0.29) is 5.56 Å². The normalized spacial score (nSPS) is 10.5. The van der Waals surface area contributed by atoms with Crippen molar-refractivity contribution >= 4 is 39.1 Å². The second-order valence-corrected chi connectivity index (χ2v) is 5.31. The zero-order chi connectivity index (χ0) is 12.4. The molecule has 0 fully saturated rings. The molecule has 1 aromatic carbocycles. The van der Waals surface area contributed by atoms with Gasteiger partial charge in [-0.05, 0) is 39.7 Å². The molecule has 0 unspecified atom stereocenters. The van der Waals surface area contributed by atoms with Crippen LogP contribution in [0.25, 0.3) is 0 Å². The highest BCUT2D eigenvalue weighted by atomic mass is 79.9. The minimum atomic E-state index is -0.0702. The Morgan fingerprint density at radius 1 is 1.18 bits per heavy atom. The molecular formula is C12H8BrCl2NO. The highest BCUT2D eigenvalue weighted by Gasteiger charge is 2.04. The number of halogens is 3. The Morgan fingerprint density at radius 2 is 1.94 bits per heavy atom. The lowest BCUT2D eigenvalue weighted by Gasteiger charge is -2.08. The molecule has 0 bridgehead atoms. The molecule has 2 aromatic rings. The van der Waals surface area contributed by atoms with E-state index in [4.69, 9.17) is 23.2 Å². The molecule has 1 heterocycles. The third kappa shape index (κ3) is 3.12. The molecule has 2 nitrogen and oxygen atoms in total. The molecule has 0 spiro atoms. The van der Waals surface area contributed by atoms with Crippen molar-refractivity contribution in [2.24, 2.45) is 0 Å². The number of hydrogen-bond acceptors (Lipinski definition) is 1. The van der Waals surface area contributed by atoms with Crippen molar-refractivity contribution in [3.8, 4) is 0 Å².